The molecule has 0 unspecified atom stereocenters. The van der Waals surface area contributed by atoms with Gasteiger partial charge in [-0.15, -0.1) is 0 Å². The minimum Gasteiger partial charge on any atom is -0.340 e. The Morgan fingerprint density at radius 3 is 2.33 bits per heavy atom. The van der Waals surface area contributed by atoms with Gasteiger partial charge in [-0.2, -0.15) is 0 Å². The molecule has 0 radical (unpaired) electrons. The van der Waals surface area contributed by atoms with Crippen molar-refractivity contribution in [1.29, 1.82) is 0 Å². The van der Waals surface area contributed by atoms with Gasteiger partial charge in [0, 0.05) is 33.1 Å². The third-order valence-electron chi connectivity index (χ3n) is 3.00. The summed E-state index contributed by atoms with van der Waals surface area (Å²) in [7, 11) is 0. The summed E-state index contributed by atoms with van der Waals surface area (Å²) in [6.07, 6.45) is 3.59. The van der Waals surface area contributed by atoms with E-state index in [-0.39, 0.29) is 5.91 Å². The molecule has 1 saturated heterocycles. The molecule has 1 fully saturated rings. The molecule has 0 saturated carbocycles. The Bertz CT molecular complexity index is 188. The smallest absolute Gasteiger partial charge is 0.219 e. The van der Waals surface area contributed by atoms with Crippen molar-refractivity contribution < 1.29 is 4.79 Å². The van der Waals surface area contributed by atoms with E-state index in [9.17, 15) is 4.79 Å². The summed E-state index contributed by atoms with van der Waals surface area (Å²) < 4.78 is 0. The standard InChI is InChI=1S/C11H23N3O/c1-11(15)14-9-7-13(8-10-14)6-4-2-3-5-12/h2-10,12H2,1H3. The van der Waals surface area contributed by atoms with Gasteiger partial charge >= 0.3 is 0 Å². The number of nitrogens with two attached hydrogens (primary N) is 1. The number of amides is 1. The summed E-state index contributed by atoms with van der Waals surface area (Å²) in [6.45, 7) is 7.46. The molecule has 0 aromatic rings. The van der Waals surface area contributed by atoms with Crippen LogP contribution in [-0.2, 0) is 4.79 Å². The zero-order chi connectivity index (χ0) is 11.1. The van der Waals surface area contributed by atoms with Crippen molar-refractivity contribution in [2.45, 2.75) is 26.2 Å². The van der Waals surface area contributed by atoms with Crippen molar-refractivity contribution in [3.05, 3.63) is 0 Å². The summed E-state index contributed by atoms with van der Waals surface area (Å²) in [4.78, 5) is 15.5. The van der Waals surface area contributed by atoms with Gasteiger partial charge in [0.05, 0.1) is 0 Å². The zero-order valence-electron chi connectivity index (χ0n) is 9.74. The summed E-state index contributed by atoms with van der Waals surface area (Å²) in [5.74, 6) is 0.206. The molecule has 0 aliphatic carbocycles. The molecular formula is C11H23N3O. The van der Waals surface area contributed by atoms with Crippen LogP contribution in [0.15, 0.2) is 0 Å². The van der Waals surface area contributed by atoms with Crippen LogP contribution in [0.25, 0.3) is 0 Å². The van der Waals surface area contributed by atoms with E-state index in [4.69, 9.17) is 5.73 Å². The van der Waals surface area contributed by atoms with Gasteiger partial charge in [0.2, 0.25) is 5.91 Å². The van der Waals surface area contributed by atoms with Crippen LogP contribution >= 0.6 is 0 Å². The molecule has 4 heteroatoms. The van der Waals surface area contributed by atoms with Gasteiger partial charge in [-0.1, -0.05) is 6.42 Å². The molecule has 2 N–H and O–H groups in total. The van der Waals surface area contributed by atoms with E-state index in [0.29, 0.717) is 0 Å². The number of unbranched alkanes of at least 4 members (excludes halogenated alkanes) is 2. The summed E-state index contributed by atoms with van der Waals surface area (Å²) in [5.41, 5.74) is 5.44. The van der Waals surface area contributed by atoms with Crippen molar-refractivity contribution in [1.82, 2.24) is 9.80 Å². The minimum atomic E-state index is 0.206. The first-order valence-corrected chi connectivity index (χ1v) is 5.92. The van der Waals surface area contributed by atoms with Crippen molar-refractivity contribution in [2.24, 2.45) is 5.73 Å². The zero-order valence-corrected chi connectivity index (χ0v) is 9.74. The fraction of sp³-hybridized carbons (Fsp3) is 0.909. The maximum absolute atomic E-state index is 11.1. The number of hydrogen-bond donors (Lipinski definition) is 1. The molecule has 4 nitrogen and oxygen atoms in total. The van der Waals surface area contributed by atoms with Gasteiger partial charge in [-0.3, -0.25) is 9.69 Å². The van der Waals surface area contributed by atoms with Crippen LogP contribution in [0.2, 0.25) is 0 Å². The molecule has 0 bridgehead atoms. The maximum atomic E-state index is 11.1. The van der Waals surface area contributed by atoms with E-state index < -0.39 is 0 Å². The lowest BCUT2D eigenvalue weighted by atomic mass is 10.2. The third-order valence-corrected chi connectivity index (χ3v) is 3.00. The van der Waals surface area contributed by atoms with Crippen LogP contribution in [0.1, 0.15) is 26.2 Å². The van der Waals surface area contributed by atoms with E-state index in [2.05, 4.69) is 4.90 Å². The Morgan fingerprint density at radius 1 is 1.13 bits per heavy atom. The van der Waals surface area contributed by atoms with Crippen molar-refractivity contribution in [2.75, 3.05) is 39.3 Å². The number of carbonyl (C=O) groups is 1. The van der Waals surface area contributed by atoms with E-state index in [0.717, 1.165) is 45.7 Å². The van der Waals surface area contributed by atoms with Gasteiger partial charge in [-0.05, 0) is 25.9 Å². The summed E-state index contributed by atoms with van der Waals surface area (Å²) >= 11 is 0. The molecule has 1 rings (SSSR count). The Balaban J connectivity index is 2.07. The van der Waals surface area contributed by atoms with E-state index in [1.165, 1.54) is 12.8 Å². The fourth-order valence-corrected chi connectivity index (χ4v) is 1.94. The van der Waals surface area contributed by atoms with E-state index in [1.807, 2.05) is 4.90 Å². The molecule has 1 aliphatic rings. The van der Waals surface area contributed by atoms with E-state index in [1.54, 1.807) is 6.92 Å². The Kier molecular flexibility index (Phi) is 5.65. The number of nitrogens with zero attached hydrogens (tertiary/aromatic N) is 2. The number of piperazine rings is 1. The van der Waals surface area contributed by atoms with E-state index >= 15 is 0 Å². The molecule has 1 aliphatic heterocycles. The van der Waals surface area contributed by atoms with Crippen LogP contribution in [0.4, 0.5) is 0 Å². The molecule has 88 valence electrons. The predicted octanol–water partition coefficient (Wildman–Crippen LogP) is 0.280. The number of rotatable bonds is 5. The second-order valence-electron chi connectivity index (χ2n) is 4.20. The second-order valence-corrected chi connectivity index (χ2v) is 4.20. The highest BCUT2D eigenvalue weighted by atomic mass is 16.2. The first-order valence-electron chi connectivity index (χ1n) is 5.92. The molecular weight excluding hydrogens is 190 g/mol. The number of hydrogen-bond acceptors (Lipinski definition) is 3. The van der Waals surface area contributed by atoms with Crippen LogP contribution in [0.5, 0.6) is 0 Å². The SMILES string of the molecule is CC(=O)N1CCN(CCCCCN)CC1. The lowest BCUT2D eigenvalue weighted by molar-refractivity contribution is -0.130. The molecule has 1 amide bonds. The van der Waals surface area contributed by atoms with Crippen LogP contribution < -0.4 is 5.73 Å². The normalized spacial score (nSPS) is 18.1. The first-order chi connectivity index (χ1) is 7.24. The van der Waals surface area contributed by atoms with Crippen molar-refractivity contribution in [3.63, 3.8) is 0 Å². The van der Waals surface area contributed by atoms with Crippen LogP contribution in [0, 0.1) is 0 Å². The van der Waals surface area contributed by atoms with Gasteiger partial charge in [0.25, 0.3) is 0 Å². The lowest BCUT2D eigenvalue weighted by Crippen LogP contribution is -2.48. The third kappa shape index (κ3) is 4.62. The van der Waals surface area contributed by atoms with Gasteiger partial charge in [-0.25, -0.2) is 0 Å². The molecule has 0 aromatic carbocycles. The Hall–Kier alpha value is -0.610. The average Bonchev–Trinajstić information content (AvgIpc) is 2.25. The topological polar surface area (TPSA) is 49.6 Å². The highest BCUT2D eigenvalue weighted by Gasteiger charge is 2.17. The van der Waals surface area contributed by atoms with Gasteiger partial charge in [0.1, 0.15) is 0 Å². The molecule has 0 atom stereocenters. The summed E-state index contributed by atoms with van der Waals surface area (Å²) in [6, 6.07) is 0. The highest BCUT2D eigenvalue weighted by molar-refractivity contribution is 5.73. The van der Waals surface area contributed by atoms with Crippen molar-refractivity contribution >= 4 is 5.91 Å². The monoisotopic (exact) mass is 213 g/mol. The second kappa shape index (κ2) is 6.80. The average molecular weight is 213 g/mol. The number of carbonyl (C=O) groups excluding carboxylic acids is 1. The highest BCUT2D eigenvalue weighted by Crippen LogP contribution is 2.04. The minimum absolute atomic E-state index is 0.206. The van der Waals surface area contributed by atoms with Crippen LogP contribution in [0.3, 0.4) is 0 Å². The molecule has 1 heterocycles. The largest absolute Gasteiger partial charge is 0.340 e. The first kappa shape index (κ1) is 12.5. The quantitative estimate of drug-likeness (QED) is 0.667. The van der Waals surface area contributed by atoms with Crippen LogP contribution in [-0.4, -0.2) is 55.0 Å². The van der Waals surface area contributed by atoms with Gasteiger partial charge in [0.15, 0.2) is 0 Å². The molecule has 15 heavy (non-hydrogen) atoms. The summed E-state index contributed by atoms with van der Waals surface area (Å²) in [5, 5.41) is 0. The maximum Gasteiger partial charge on any atom is 0.219 e. The Morgan fingerprint density at radius 2 is 1.80 bits per heavy atom. The van der Waals surface area contributed by atoms with Crippen molar-refractivity contribution in [3.8, 4) is 0 Å². The molecule has 0 aromatic heterocycles. The predicted molar refractivity (Wildman–Crippen MR) is 61.6 cm³/mol. The molecule has 0 spiro atoms. The van der Waals surface area contributed by atoms with Gasteiger partial charge < -0.3 is 10.6 Å². The Labute approximate surface area is 92.4 Å². The fourth-order valence-electron chi connectivity index (χ4n) is 1.94. The lowest BCUT2D eigenvalue weighted by Gasteiger charge is -2.34.